The average molecular weight is 388 g/mol. The number of nitrogens with zero attached hydrogens (tertiary/aromatic N) is 2. The summed E-state index contributed by atoms with van der Waals surface area (Å²) in [6.45, 7) is 5.37. The molecule has 3 aromatic rings. The third-order valence-electron chi connectivity index (χ3n) is 5.27. The van der Waals surface area contributed by atoms with Crippen LogP contribution in [0.5, 0.6) is 0 Å². The van der Waals surface area contributed by atoms with Crippen LogP contribution in [0, 0.1) is 13.8 Å². The molecule has 0 fully saturated rings. The Morgan fingerprint density at radius 3 is 2.10 bits per heavy atom. The maximum Gasteiger partial charge on any atom is 0.334 e. The Morgan fingerprint density at radius 2 is 1.59 bits per heavy atom. The molecule has 5 heteroatoms. The number of likely N-dealkylation sites (N-methyl/N-ethyl adjacent to an activating group) is 1. The van der Waals surface area contributed by atoms with Crippen molar-refractivity contribution in [1.82, 2.24) is 9.88 Å². The predicted molar refractivity (Wildman–Crippen MR) is 113 cm³/mol. The van der Waals surface area contributed by atoms with Gasteiger partial charge >= 0.3 is 5.97 Å². The summed E-state index contributed by atoms with van der Waals surface area (Å²) in [4.78, 5) is 31.0. The van der Waals surface area contributed by atoms with Crippen molar-refractivity contribution in [2.24, 2.45) is 0 Å². The van der Waals surface area contributed by atoms with Gasteiger partial charge in [-0.3, -0.25) is 9.78 Å². The topological polar surface area (TPSA) is 70.5 Å². The molecule has 0 saturated carbocycles. The van der Waals surface area contributed by atoms with Crippen molar-refractivity contribution in [2.45, 2.75) is 26.3 Å². The molecule has 1 amide bonds. The molecule has 29 heavy (non-hydrogen) atoms. The van der Waals surface area contributed by atoms with Crippen LogP contribution in [0.2, 0.25) is 0 Å². The van der Waals surface area contributed by atoms with Gasteiger partial charge in [-0.2, -0.15) is 0 Å². The van der Waals surface area contributed by atoms with E-state index < -0.39 is 11.5 Å². The molecule has 1 atom stereocenters. The number of hydrogen-bond acceptors (Lipinski definition) is 3. The first-order valence-corrected chi connectivity index (χ1v) is 9.35. The number of aromatic nitrogens is 1. The number of benzene rings is 2. The summed E-state index contributed by atoms with van der Waals surface area (Å²) in [6.07, 6.45) is 1.71. The first-order chi connectivity index (χ1) is 13.7. The van der Waals surface area contributed by atoms with Crippen molar-refractivity contribution >= 4 is 11.9 Å². The first kappa shape index (κ1) is 20.3. The SMILES string of the molecule is Cc1cc(C)cc(C(=O)N(C)[C@@](C)(C(=O)O)c2ccc(-c3ccccn3)cc2)c1. The van der Waals surface area contributed by atoms with E-state index in [-0.39, 0.29) is 5.91 Å². The molecule has 148 valence electrons. The molecular formula is C24H24N2O3. The third kappa shape index (κ3) is 3.90. The molecule has 0 bridgehead atoms. The zero-order valence-electron chi connectivity index (χ0n) is 17.0. The van der Waals surface area contributed by atoms with E-state index in [0.717, 1.165) is 22.4 Å². The normalized spacial score (nSPS) is 12.8. The smallest absolute Gasteiger partial charge is 0.334 e. The summed E-state index contributed by atoms with van der Waals surface area (Å²) < 4.78 is 0. The molecule has 5 nitrogen and oxygen atoms in total. The Hall–Kier alpha value is -3.47. The van der Waals surface area contributed by atoms with Gasteiger partial charge in [-0.25, -0.2) is 4.79 Å². The number of aliphatic carboxylic acids is 1. The molecule has 1 heterocycles. The van der Waals surface area contributed by atoms with Crippen molar-refractivity contribution in [3.05, 3.63) is 89.1 Å². The van der Waals surface area contributed by atoms with E-state index in [1.54, 1.807) is 37.4 Å². The Bertz CT molecular complexity index is 1030. The lowest BCUT2D eigenvalue weighted by Crippen LogP contribution is -2.50. The van der Waals surface area contributed by atoms with E-state index in [0.29, 0.717) is 11.1 Å². The minimum atomic E-state index is -1.52. The van der Waals surface area contributed by atoms with Gasteiger partial charge in [0, 0.05) is 24.4 Å². The van der Waals surface area contributed by atoms with Gasteiger partial charge in [-0.1, -0.05) is 47.5 Å². The highest BCUT2D eigenvalue weighted by Gasteiger charge is 2.42. The molecule has 0 spiro atoms. The predicted octanol–water partition coefficient (Wildman–Crippen LogP) is 4.44. The number of carbonyl (C=O) groups is 2. The number of rotatable bonds is 5. The lowest BCUT2D eigenvalue weighted by molar-refractivity contribution is -0.148. The Morgan fingerprint density at radius 1 is 0.966 bits per heavy atom. The number of aryl methyl sites for hydroxylation is 2. The summed E-state index contributed by atoms with van der Waals surface area (Å²) in [5, 5.41) is 10.0. The van der Waals surface area contributed by atoms with Crippen LogP contribution >= 0.6 is 0 Å². The molecule has 1 aromatic heterocycles. The van der Waals surface area contributed by atoms with Gasteiger partial charge in [0.05, 0.1) is 5.69 Å². The second-order valence-corrected chi connectivity index (χ2v) is 7.41. The number of carboxylic acid groups (broad SMARTS) is 1. The van der Waals surface area contributed by atoms with Gasteiger partial charge in [-0.15, -0.1) is 0 Å². The summed E-state index contributed by atoms with van der Waals surface area (Å²) in [5.74, 6) is -1.43. The zero-order chi connectivity index (χ0) is 21.2. The minimum Gasteiger partial charge on any atom is -0.479 e. The zero-order valence-corrected chi connectivity index (χ0v) is 17.0. The molecule has 0 radical (unpaired) electrons. The summed E-state index contributed by atoms with van der Waals surface area (Å²) in [7, 11) is 1.53. The van der Waals surface area contributed by atoms with Gasteiger partial charge in [0.25, 0.3) is 5.91 Å². The largest absolute Gasteiger partial charge is 0.479 e. The fourth-order valence-electron chi connectivity index (χ4n) is 3.45. The van der Waals surface area contributed by atoms with E-state index in [4.69, 9.17) is 0 Å². The molecule has 0 aliphatic rings. The fraction of sp³-hybridized carbons (Fsp3) is 0.208. The van der Waals surface area contributed by atoms with Crippen LogP contribution in [-0.4, -0.2) is 33.9 Å². The van der Waals surface area contributed by atoms with Gasteiger partial charge in [0.15, 0.2) is 5.54 Å². The van der Waals surface area contributed by atoms with Crippen LogP contribution in [-0.2, 0) is 10.3 Å². The van der Waals surface area contributed by atoms with Crippen molar-refractivity contribution in [3.8, 4) is 11.3 Å². The average Bonchev–Trinajstić information content (AvgIpc) is 2.72. The number of pyridine rings is 1. The molecule has 0 unspecified atom stereocenters. The number of hydrogen-bond donors (Lipinski definition) is 1. The van der Waals surface area contributed by atoms with Crippen LogP contribution in [0.3, 0.4) is 0 Å². The van der Waals surface area contributed by atoms with Crippen LogP contribution in [0.25, 0.3) is 11.3 Å². The Kier molecular flexibility index (Phi) is 5.50. The molecule has 2 aromatic carbocycles. The van der Waals surface area contributed by atoms with Crippen LogP contribution < -0.4 is 0 Å². The van der Waals surface area contributed by atoms with Gasteiger partial charge in [0.2, 0.25) is 0 Å². The number of amides is 1. The quantitative estimate of drug-likeness (QED) is 0.702. The van der Waals surface area contributed by atoms with Crippen LogP contribution in [0.15, 0.2) is 66.9 Å². The van der Waals surface area contributed by atoms with Crippen LogP contribution in [0.1, 0.15) is 34.0 Å². The highest BCUT2D eigenvalue weighted by molar-refractivity contribution is 5.98. The van der Waals surface area contributed by atoms with Crippen molar-refractivity contribution in [1.29, 1.82) is 0 Å². The lowest BCUT2D eigenvalue weighted by atomic mass is 9.88. The Balaban J connectivity index is 1.98. The van der Waals surface area contributed by atoms with Gasteiger partial charge in [-0.05, 0) is 50.6 Å². The van der Waals surface area contributed by atoms with E-state index in [9.17, 15) is 14.7 Å². The maximum absolute atomic E-state index is 13.1. The Labute approximate surface area is 170 Å². The second kappa shape index (κ2) is 7.87. The third-order valence-corrected chi connectivity index (χ3v) is 5.27. The molecule has 0 aliphatic heterocycles. The van der Waals surface area contributed by atoms with E-state index in [2.05, 4.69) is 4.98 Å². The molecular weight excluding hydrogens is 364 g/mol. The van der Waals surface area contributed by atoms with Crippen LogP contribution in [0.4, 0.5) is 0 Å². The summed E-state index contributed by atoms with van der Waals surface area (Å²) in [6, 6.07) is 18.3. The fourth-order valence-corrected chi connectivity index (χ4v) is 3.45. The summed E-state index contributed by atoms with van der Waals surface area (Å²) >= 11 is 0. The monoisotopic (exact) mass is 388 g/mol. The lowest BCUT2D eigenvalue weighted by Gasteiger charge is -2.35. The van der Waals surface area contributed by atoms with E-state index in [1.807, 2.05) is 50.2 Å². The molecule has 1 N–H and O–H groups in total. The molecule has 0 aliphatic carbocycles. The van der Waals surface area contributed by atoms with Gasteiger partial charge in [0.1, 0.15) is 0 Å². The minimum absolute atomic E-state index is 0.337. The molecule has 3 rings (SSSR count). The summed E-state index contributed by atoms with van der Waals surface area (Å²) in [5.41, 5.74) is 3.07. The highest BCUT2D eigenvalue weighted by atomic mass is 16.4. The number of carboxylic acids is 1. The second-order valence-electron chi connectivity index (χ2n) is 7.41. The first-order valence-electron chi connectivity index (χ1n) is 9.35. The maximum atomic E-state index is 13.1. The van der Waals surface area contributed by atoms with Gasteiger partial charge < -0.3 is 10.0 Å². The van der Waals surface area contributed by atoms with E-state index in [1.165, 1.54) is 11.9 Å². The van der Waals surface area contributed by atoms with Crippen molar-refractivity contribution < 1.29 is 14.7 Å². The number of carbonyl (C=O) groups excluding carboxylic acids is 1. The van der Waals surface area contributed by atoms with E-state index >= 15 is 0 Å². The van der Waals surface area contributed by atoms with Crippen molar-refractivity contribution in [3.63, 3.8) is 0 Å². The van der Waals surface area contributed by atoms with Crippen molar-refractivity contribution in [2.75, 3.05) is 7.05 Å². The molecule has 0 saturated heterocycles. The standard InChI is InChI=1S/C24H24N2O3/c1-16-13-17(2)15-19(14-16)22(27)26(4)24(3,23(28)29)20-10-8-18(9-11-20)21-7-5-6-12-25-21/h5-15H,1-4H3,(H,28,29)/t24-/m1/s1. The highest BCUT2D eigenvalue weighted by Crippen LogP contribution is 2.31.